The van der Waals surface area contributed by atoms with Crippen molar-refractivity contribution in [1.82, 2.24) is 29.4 Å². The van der Waals surface area contributed by atoms with Gasteiger partial charge >= 0.3 is 0 Å². The summed E-state index contributed by atoms with van der Waals surface area (Å²) in [6, 6.07) is 8.46. The molecule has 2 atom stereocenters. The van der Waals surface area contributed by atoms with E-state index < -0.39 is 0 Å². The largest absolute Gasteiger partial charge is 0.381 e. The number of aryl methyl sites for hydroxylation is 1. The standard InChI is InChI=1S/C24H29N7O/c1-15(2)30-12-10-20(28-30)19-14-31-22(16(19)3)24(26-17-8-9-18(13-17)32-4)27-23(29-31)21-7-5-6-11-25-21/h5-7,10-12,14-15,17-18H,8-9,13H2,1-4H3,(H,26,27,29)/t17-,18+/m1/s1. The van der Waals surface area contributed by atoms with E-state index in [0.717, 1.165) is 53.1 Å². The Morgan fingerprint density at radius 3 is 2.69 bits per heavy atom. The molecule has 0 amide bonds. The first-order valence-corrected chi connectivity index (χ1v) is 11.2. The van der Waals surface area contributed by atoms with Crippen molar-refractivity contribution < 1.29 is 4.74 Å². The van der Waals surface area contributed by atoms with Crippen LogP contribution in [0.5, 0.6) is 0 Å². The number of ether oxygens (including phenoxy) is 1. The number of nitrogens with zero attached hydrogens (tertiary/aromatic N) is 6. The van der Waals surface area contributed by atoms with Gasteiger partial charge in [0.2, 0.25) is 5.82 Å². The number of methoxy groups -OCH3 is 1. The quantitative estimate of drug-likeness (QED) is 0.483. The zero-order valence-corrected chi connectivity index (χ0v) is 19.0. The molecule has 166 valence electrons. The van der Waals surface area contributed by atoms with Crippen LogP contribution in [-0.4, -0.2) is 48.6 Å². The first-order valence-electron chi connectivity index (χ1n) is 11.2. The minimum Gasteiger partial charge on any atom is -0.381 e. The van der Waals surface area contributed by atoms with Crippen LogP contribution in [0.4, 0.5) is 5.82 Å². The van der Waals surface area contributed by atoms with Crippen LogP contribution in [0.25, 0.3) is 28.3 Å². The van der Waals surface area contributed by atoms with Crippen LogP contribution in [0.3, 0.4) is 0 Å². The minimum atomic E-state index is 0.295. The van der Waals surface area contributed by atoms with E-state index in [1.54, 1.807) is 13.3 Å². The van der Waals surface area contributed by atoms with Gasteiger partial charge in [-0.25, -0.2) is 9.50 Å². The highest BCUT2D eigenvalue weighted by Gasteiger charge is 2.26. The summed E-state index contributed by atoms with van der Waals surface area (Å²) < 4.78 is 9.46. The summed E-state index contributed by atoms with van der Waals surface area (Å²) in [5, 5.41) is 13.3. The van der Waals surface area contributed by atoms with Gasteiger partial charge in [-0.05, 0) is 63.8 Å². The van der Waals surface area contributed by atoms with Gasteiger partial charge < -0.3 is 10.1 Å². The molecular weight excluding hydrogens is 402 g/mol. The van der Waals surface area contributed by atoms with Crippen molar-refractivity contribution in [3.8, 4) is 22.8 Å². The number of fused-ring (bicyclic) bond motifs is 1. The van der Waals surface area contributed by atoms with Gasteiger partial charge in [-0.1, -0.05) is 6.07 Å². The molecule has 8 nitrogen and oxygen atoms in total. The van der Waals surface area contributed by atoms with Gasteiger partial charge in [0.05, 0.1) is 11.8 Å². The maximum absolute atomic E-state index is 5.57. The highest BCUT2D eigenvalue weighted by Crippen LogP contribution is 2.33. The van der Waals surface area contributed by atoms with Gasteiger partial charge in [0.25, 0.3) is 0 Å². The fourth-order valence-corrected chi connectivity index (χ4v) is 4.44. The molecule has 1 N–H and O–H groups in total. The molecule has 0 radical (unpaired) electrons. The van der Waals surface area contributed by atoms with E-state index in [1.165, 1.54) is 0 Å². The Morgan fingerprint density at radius 2 is 2.00 bits per heavy atom. The summed E-state index contributed by atoms with van der Waals surface area (Å²) in [5.74, 6) is 1.42. The fourth-order valence-electron chi connectivity index (χ4n) is 4.44. The predicted octanol–water partition coefficient (Wildman–Crippen LogP) is 4.52. The third kappa shape index (κ3) is 3.75. The maximum atomic E-state index is 5.57. The Kier molecular flexibility index (Phi) is 5.38. The molecule has 1 aliphatic carbocycles. The molecule has 0 spiro atoms. The number of anilines is 1. The van der Waals surface area contributed by atoms with Gasteiger partial charge in [-0.2, -0.15) is 5.10 Å². The van der Waals surface area contributed by atoms with Crippen molar-refractivity contribution in [3.05, 3.63) is 48.4 Å². The van der Waals surface area contributed by atoms with Gasteiger partial charge in [0.1, 0.15) is 11.2 Å². The predicted molar refractivity (Wildman–Crippen MR) is 125 cm³/mol. The molecule has 5 rings (SSSR count). The van der Waals surface area contributed by atoms with E-state index in [4.69, 9.17) is 19.9 Å². The second-order valence-corrected chi connectivity index (χ2v) is 8.75. The summed E-state index contributed by atoms with van der Waals surface area (Å²) >= 11 is 0. The Labute approximate surface area is 187 Å². The summed E-state index contributed by atoms with van der Waals surface area (Å²) in [7, 11) is 1.79. The highest BCUT2D eigenvalue weighted by molar-refractivity contribution is 5.82. The Bertz CT molecular complexity index is 1230. The number of rotatable bonds is 6. The normalized spacial score (nSPS) is 18.7. The van der Waals surface area contributed by atoms with Crippen molar-refractivity contribution in [2.45, 2.75) is 58.2 Å². The van der Waals surface area contributed by atoms with Crippen molar-refractivity contribution in [1.29, 1.82) is 0 Å². The lowest BCUT2D eigenvalue weighted by Crippen LogP contribution is -2.19. The molecule has 0 bridgehead atoms. The molecule has 4 heterocycles. The Morgan fingerprint density at radius 1 is 1.12 bits per heavy atom. The molecule has 4 aromatic rings. The summed E-state index contributed by atoms with van der Waals surface area (Å²) in [6.45, 7) is 6.36. The van der Waals surface area contributed by atoms with Crippen LogP contribution in [0.15, 0.2) is 42.9 Å². The Balaban J connectivity index is 1.62. The van der Waals surface area contributed by atoms with Crippen LogP contribution >= 0.6 is 0 Å². The number of pyridine rings is 1. The third-order valence-corrected chi connectivity index (χ3v) is 6.25. The van der Waals surface area contributed by atoms with E-state index in [0.29, 0.717) is 24.0 Å². The van der Waals surface area contributed by atoms with Crippen molar-refractivity contribution in [2.75, 3.05) is 12.4 Å². The minimum absolute atomic E-state index is 0.295. The van der Waals surface area contributed by atoms with Crippen LogP contribution in [0.1, 0.15) is 44.7 Å². The zero-order valence-electron chi connectivity index (χ0n) is 19.0. The van der Waals surface area contributed by atoms with Crippen molar-refractivity contribution in [2.24, 2.45) is 0 Å². The van der Waals surface area contributed by atoms with E-state index in [2.05, 4.69) is 37.1 Å². The molecule has 8 heteroatoms. The third-order valence-electron chi connectivity index (χ3n) is 6.25. The average Bonchev–Trinajstić information content (AvgIpc) is 3.53. The molecule has 0 aromatic carbocycles. The lowest BCUT2D eigenvalue weighted by atomic mass is 10.1. The number of hydrogen-bond acceptors (Lipinski definition) is 6. The number of aromatic nitrogens is 6. The molecule has 1 fully saturated rings. The number of hydrogen-bond donors (Lipinski definition) is 1. The first kappa shape index (κ1) is 20.6. The van der Waals surface area contributed by atoms with Gasteiger partial charge in [-0.3, -0.25) is 9.67 Å². The molecule has 0 aliphatic heterocycles. The second kappa shape index (κ2) is 8.35. The summed E-state index contributed by atoms with van der Waals surface area (Å²) in [6.07, 6.45) is 9.21. The molecule has 1 aliphatic rings. The molecular formula is C24H29N7O. The van der Waals surface area contributed by atoms with E-state index in [-0.39, 0.29) is 0 Å². The van der Waals surface area contributed by atoms with E-state index in [9.17, 15) is 0 Å². The topological polar surface area (TPSA) is 82.2 Å². The summed E-state index contributed by atoms with van der Waals surface area (Å²) in [5.41, 5.74) is 4.82. The lowest BCUT2D eigenvalue weighted by Gasteiger charge is -2.16. The monoisotopic (exact) mass is 431 g/mol. The lowest BCUT2D eigenvalue weighted by molar-refractivity contribution is 0.108. The molecule has 0 saturated heterocycles. The van der Waals surface area contributed by atoms with Gasteiger partial charge in [0.15, 0.2) is 5.82 Å². The molecule has 4 aromatic heterocycles. The number of nitrogens with one attached hydrogen (secondary N) is 1. The van der Waals surface area contributed by atoms with Crippen LogP contribution in [0, 0.1) is 6.92 Å². The SMILES string of the molecule is CO[C@H]1CC[C@@H](Nc2nc(-c3ccccn3)nn3cc(-c4ccn(C(C)C)n4)c(C)c23)C1. The van der Waals surface area contributed by atoms with Crippen molar-refractivity contribution >= 4 is 11.3 Å². The van der Waals surface area contributed by atoms with E-state index in [1.807, 2.05) is 39.8 Å². The first-order chi connectivity index (χ1) is 15.5. The second-order valence-electron chi connectivity index (χ2n) is 8.75. The highest BCUT2D eigenvalue weighted by atomic mass is 16.5. The average molecular weight is 432 g/mol. The Hall–Kier alpha value is -3.26. The van der Waals surface area contributed by atoms with Gasteiger partial charge in [-0.15, -0.1) is 5.10 Å². The molecule has 32 heavy (non-hydrogen) atoms. The summed E-state index contributed by atoms with van der Waals surface area (Å²) in [4.78, 5) is 9.38. The van der Waals surface area contributed by atoms with Crippen LogP contribution < -0.4 is 5.32 Å². The van der Waals surface area contributed by atoms with Crippen molar-refractivity contribution in [3.63, 3.8) is 0 Å². The van der Waals surface area contributed by atoms with Crippen LogP contribution in [0.2, 0.25) is 0 Å². The smallest absolute Gasteiger partial charge is 0.200 e. The van der Waals surface area contributed by atoms with Gasteiger partial charge in [0, 0.05) is 43.3 Å². The molecule has 0 unspecified atom stereocenters. The van der Waals surface area contributed by atoms with Crippen LogP contribution in [-0.2, 0) is 4.74 Å². The molecule has 1 saturated carbocycles. The maximum Gasteiger partial charge on any atom is 0.200 e. The van der Waals surface area contributed by atoms with E-state index >= 15 is 0 Å². The zero-order chi connectivity index (χ0) is 22.2. The fraction of sp³-hybridized carbons (Fsp3) is 0.417.